The first-order chi connectivity index (χ1) is 8.71. The van der Waals surface area contributed by atoms with Crippen molar-refractivity contribution in [2.24, 2.45) is 13.0 Å². The third-order valence-electron chi connectivity index (χ3n) is 3.65. The first-order valence-electron chi connectivity index (χ1n) is 6.85. The molecule has 0 radical (unpaired) electrons. The molecule has 1 heterocycles. The van der Waals surface area contributed by atoms with Gasteiger partial charge in [0.2, 0.25) is 0 Å². The van der Waals surface area contributed by atoms with Gasteiger partial charge in [-0.15, -0.1) is 0 Å². The molecule has 19 heavy (non-hydrogen) atoms. The Balaban J connectivity index is 2.69. The highest BCUT2D eigenvalue weighted by Gasteiger charge is 2.19. The van der Waals surface area contributed by atoms with Crippen LogP contribution in [0.15, 0.2) is 24.4 Å². The second-order valence-corrected chi connectivity index (χ2v) is 6.65. The smallest absolute Gasteiger partial charge is 0.167 e. The average Bonchev–Trinajstić information content (AvgIpc) is 2.64. The van der Waals surface area contributed by atoms with Crippen LogP contribution < -0.4 is 0 Å². The molecule has 1 aromatic heterocycles. The van der Waals surface area contributed by atoms with E-state index in [1.54, 1.807) is 0 Å². The van der Waals surface area contributed by atoms with E-state index in [0.717, 1.165) is 16.5 Å². The summed E-state index contributed by atoms with van der Waals surface area (Å²) in [5, 5.41) is 1.08. The van der Waals surface area contributed by atoms with Crippen LogP contribution in [0.4, 0.5) is 0 Å². The Kier molecular flexibility index (Phi) is 3.29. The van der Waals surface area contributed by atoms with Crippen LogP contribution in [-0.2, 0) is 12.5 Å². The van der Waals surface area contributed by atoms with Gasteiger partial charge in [0.25, 0.3) is 0 Å². The molecule has 2 heteroatoms. The molecule has 0 bridgehead atoms. The fraction of sp³-hybridized carbons (Fsp3) is 0.471. The number of hydrogen-bond acceptors (Lipinski definition) is 1. The highest BCUT2D eigenvalue weighted by atomic mass is 16.1. The second-order valence-electron chi connectivity index (χ2n) is 6.65. The Labute approximate surface area is 115 Å². The predicted octanol–water partition coefficient (Wildman–Crippen LogP) is 4.31. The van der Waals surface area contributed by atoms with E-state index in [2.05, 4.69) is 39.0 Å². The minimum absolute atomic E-state index is 0.0314. The van der Waals surface area contributed by atoms with Gasteiger partial charge in [0.1, 0.15) is 0 Å². The number of aryl methyl sites for hydroxylation is 1. The third kappa shape index (κ3) is 2.44. The summed E-state index contributed by atoms with van der Waals surface area (Å²) in [6.45, 7) is 10.5. The number of ketones is 1. The number of benzene rings is 1. The molecule has 0 saturated carbocycles. The fourth-order valence-electron chi connectivity index (χ4n) is 2.37. The summed E-state index contributed by atoms with van der Waals surface area (Å²) < 4.78 is 2.04. The number of rotatable bonds is 2. The molecule has 2 nitrogen and oxygen atoms in total. The molecule has 102 valence electrons. The molecule has 0 atom stereocenters. The number of hydrogen-bond donors (Lipinski definition) is 0. The Morgan fingerprint density at radius 3 is 2.37 bits per heavy atom. The average molecular weight is 257 g/mol. The summed E-state index contributed by atoms with van der Waals surface area (Å²) in [7, 11) is 2.00. The Morgan fingerprint density at radius 1 is 1.21 bits per heavy atom. The molecular formula is C17H23NO. The van der Waals surface area contributed by atoms with Crippen molar-refractivity contribution in [2.75, 3.05) is 0 Å². The maximum Gasteiger partial charge on any atom is 0.167 e. The van der Waals surface area contributed by atoms with Crippen molar-refractivity contribution < 1.29 is 4.79 Å². The van der Waals surface area contributed by atoms with Crippen LogP contribution in [0.25, 0.3) is 10.9 Å². The monoisotopic (exact) mass is 257 g/mol. The van der Waals surface area contributed by atoms with Crippen molar-refractivity contribution in [3.63, 3.8) is 0 Å². The van der Waals surface area contributed by atoms with E-state index in [-0.39, 0.29) is 17.1 Å². The SMILES string of the molecule is CC(C)C(=O)c1cn(C)c2ccc(C(C)(C)C)cc12. The number of Topliss-reactive ketones (excluding diaryl/α,β-unsaturated/α-hetero) is 1. The van der Waals surface area contributed by atoms with Gasteiger partial charge in [-0.2, -0.15) is 0 Å². The van der Waals surface area contributed by atoms with Gasteiger partial charge in [0, 0.05) is 35.6 Å². The molecule has 0 unspecified atom stereocenters. The van der Waals surface area contributed by atoms with Crippen LogP contribution in [-0.4, -0.2) is 10.4 Å². The van der Waals surface area contributed by atoms with Crippen molar-refractivity contribution in [3.8, 4) is 0 Å². The van der Waals surface area contributed by atoms with Crippen LogP contribution in [0.1, 0.15) is 50.5 Å². The van der Waals surface area contributed by atoms with E-state index in [0.29, 0.717) is 0 Å². The second kappa shape index (κ2) is 4.52. The van der Waals surface area contributed by atoms with Gasteiger partial charge in [0.15, 0.2) is 5.78 Å². The summed E-state index contributed by atoms with van der Waals surface area (Å²) in [6.07, 6.45) is 1.96. The maximum atomic E-state index is 12.3. The van der Waals surface area contributed by atoms with Gasteiger partial charge in [-0.25, -0.2) is 0 Å². The van der Waals surface area contributed by atoms with Gasteiger partial charge < -0.3 is 4.57 Å². The molecule has 0 aliphatic carbocycles. The highest BCUT2D eigenvalue weighted by molar-refractivity contribution is 6.09. The van der Waals surface area contributed by atoms with E-state index < -0.39 is 0 Å². The van der Waals surface area contributed by atoms with Gasteiger partial charge >= 0.3 is 0 Å². The first kappa shape index (κ1) is 13.9. The van der Waals surface area contributed by atoms with Gasteiger partial charge in [-0.1, -0.05) is 40.7 Å². The molecule has 0 aliphatic rings. The largest absolute Gasteiger partial charge is 0.350 e. The lowest BCUT2D eigenvalue weighted by atomic mass is 9.86. The summed E-state index contributed by atoms with van der Waals surface area (Å²) in [4.78, 5) is 12.3. The minimum atomic E-state index is 0.0314. The number of carbonyl (C=O) groups is 1. The molecule has 0 aliphatic heterocycles. The lowest BCUT2D eigenvalue weighted by molar-refractivity contribution is 0.0941. The molecule has 0 fully saturated rings. The number of aromatic nitrogens is 1. The summed E-state index contributed by atoms with van der Waals surface area (Å²) in [5.74, 6) is 0.251. The molecular weight excluding hydrogens is 234 g/mol. The van der Waals surface area contributed by atoms with Gasteiger partial charge in [-0.3, -0.25) is 4.79 Å². The normalized spacial score (nSPS) is 12.4. The Bertz CT molecular complexity index is 626. The maximum absolute atomic E-state index is 12.3. The van der Waals surface area contributed by atoms with Crippen molar-refractivity contribution in [2.45, 2.75) is 40.0 Å². The number of nitrogens with zero attached hydrogens (tertiary/aromatic N) is 1. The number of carbonyl (C=O) groups excluding carboxylic acids is 1. The van der Waals surface area contributed by atoms with Crippen LogP contribution in [0, 0.1) is 5.92 Å². The topological polar surface area (TPSA) is 22.0 Å². The third-order valence-corrected chi connectivity index (χ3v) is 3.65. The minimum Gasteiger partial charge on any atom is -0.350 e. The fourth-order valence-corrected chi connectivity index (χ4v) is 2.37. The zero-order valence-corrected chi connectivity index (χ0v) is 12.7. The zero-order chi connectivity index (χ0) is 14.4. The summed E-state index contributed by atoms with van der Waals surface area (Å²) in [6, 6.07) is 6.45. The summed E-state index contributed by atoms with van der Waals surface area (Å²) in [5.41, 5.74) is 3.34. The van der Waals surface area contributed by atoms with Crippen LogP contribution in [0.5, 0.6) is 0 Å². The lowest BCUT2D eigenvalue weighted by Gasteiger charge is -2.19. The standard InChI is InChI=1S/C17H23NO/c1-11(2)16(19)14-10-18(6)15-8-7-12(9-13(14)15)17(3,4)5/h7-11H,1-6H3. The zero-order valence-electron chi connectivity index (χ0n) is 12.7. The first-order valence-corrected chi connectivity index (χ1v) is 6.85. The van der Waals surface area contributed by atoms with Crippen molar-refractivity contribution >= 4 is 16.7 Å². The van der Waals surface area contributed by atoms with E-state index in [1.165, 1.54) is 5.56 Å². The van der Waals surface area contributed by atoms with Crippen molar-refractivity contribution in [1.82, 2.24) is 4.57 Å². The van der Waals surface area contributed by atoms with E-state index in [4.69, 9.17) is 0 Å². The van der Waals surface area contributed by atoms with Gasteiger partial charge in [0.05, 0.1) is 0 Å². The van der Waals surface area contributed by atoms with E-state index >= 15 is 0 Å². The highest BCUT2D eigenvalue weighted by Crippen LogP contribution is 2.29. The summed E-state index contributed by atoms with van der Waals surface area (Å²) >= 11 is 0. The number of fused-ring (bicyclic) bond motifs is 1. The van der Waals surface area contributed by atoms with E-state index in [1.807, 2.05) is 31.7 Å². The lowest BCUT2D eigenvalue weighted by Crippen LogP contribution is -2.11. The van der Waals surface area contributed by atoms with Crippen LogP contribution in [0.3, 0.4) is 0 Å². The van der Waals surface area contributed by atoms with Crippen LogP contribution >= 0.6 is 0 Å². The quantitative estimate of drug-likeness (QED) is 0.735. The molecule has 2 rings (SSSR count). The van der Waals surface area contributed by atoms with Crippen LogP contribution in [0.2, 0.25) is 0 Å². The molecule has 0 spiro atoms. The molecule has 1 aromatic carbocycles. The van der Waals surface area contributed by atoms with Crippen molar-refractivity contribution in [1.29, 1.82) is 0 Å². The van der Waals surface area contributed by atoms with Crippen molar-refractivity contribution in [3.05, 3.63) is 35.5 Å². The van der Waals surface area contributed by atoms with E-state index in [9.17, 15) is 4.79 Å². The van der Waals surface area contributed by atoms with Gasteiger partial charge in [-0.05, 0) is 23.1 Å². The molecule has 0 saturated heterocycles. The molecule has 2 aromatic rings. The molecule has 0 N–H and O–H groups in total. The molecule has 0 amide bonds. The Morgan fingerprint density at radius 2 is 1.84 bits per heavy atom. The Hall–Kier alpha value is -1.57. The predicted molar refractivity (Wildman–Crippen MR) is 80.8 cm³/mol.